The van der Waals surface area contributed by atoms with Crippen LogP contribution < -0.4 is 4.72 Å². The highest BCUT2D eigenvalue weighted by molar-refractivity contribution is 7.89. The first-order valence-corrected chi connectivity index (χ1v) is 9.48. The van der Waals surface area contributed by atoms with Gasteiger partial charge in [0, 0.05) is 17.7 Å². The molecule has 1 aliphatic rings. The maximum atomic E-state index is 13.0. The third-order valence-corrected chi connectivity index (χ3v) is 5.85. The molecule has 0 amide bonds. The van der Waals surface area contributed by atoms with Crippen LogP contribution in [0, 0.1) is 0 Å². The summed E-state index contributed by atoms with van der Waals surface area (Å²) in [5, 5.41) is 3.97. The van der Waals surface area contributed by atoms with Gasteiger partial charge in [-0.25, -0.2) is 31.6 Å². The van der Waals surface area contributed by atoms with Crippen molar-refractivity contribution in [3.63, 3.8) is 0 Å². The van der Waals surface area contributed by atoms with Crippen molar-refractivity contribution >= 4 is 10.0 Å². The van der Waals surface area contributed by atoms with Crippen molar-refractivity contribution in [1.29, 1.82) is 0 Å². The molecule has 0 aromatic carbocycles. The van der Waals surface area contributed by atoms with Crippen LogP contribution in [-0.4, -0.2) is 29.2 Å². The molecular formula is C16H20F2N4O2S. The summed E-state index contributed by atoms with van der Waals surface area (Å²) in [5.74, 6) is 0.318. The summed E-state index contributed by atoms with van der Waals surface area (Å²) in [6.45, 7) is 5.43. The molecule has 2 aromatic rings. The summed E-state index contributed by atoms with van der Waals surface area (Å²) in [6.07, 6.45) is 0.332. The van der Waals surface area contributed by atoms with Gasteiger partial charge in [-0.15, -0.1) is 0 Å². The zero-order valence-electron chi connectivity index (χ0n) is 14.2. The average molecular weight is 370 g/mol. The van der Waals surface area contributed by atoms with E-state index in [0.29, 0.717) is 11.5 Å². The zero-order valence-corrected chi connectivity index (χ0v) is 15.0. The molecule has 6 nitrogen and oxygen atoms in total. The molecule has 1 fully saturated rings. The Labute approximate surface area is 145 Å². The second kappa shape index (κ2) is 6.14. The Balaban J connectivity index is 1.98. The molecule has 2 aromatic heterocycles. The summed E-state index contributed by atoms with van der Waals surface area (Å²) < 4.78 is 54.2. The van der Waals surface area contributed by atoms with E-state index < -0.39 is 16.4 Å². The largest absolute Gasteiger partial charge is 0.282 e. The van der Waals surface area contributed by atoms with Crippen molar-refractivity contribution in [3.05, 3.63) is 35.8 Å². The van der Waals surface area contributed by atoms with Crippen LogP contribution >= 0.6 is 0 Å². The van der Waals surface area contributed by atoms with E-state index in [9.17, 15) is 17.2 Å². The molecule has 0 aliphatic heterocycles. The lowest BCUT2D eigenvalue weighted by atomic mass is 10.1. The number of halogens is 2. The number of hydrogen-bond donors (Lipinski definition) is 1. The molecule has 1 saturated carbocycles. The Hall–Kier alpha value is -1.87. The zero-order chi connectivity index (χ0) is 18.4. The molecular weight excluding hydrogens is 350 g/mol. The minimum Gasteiger partial charge on any atom is -0.236 e. The Bertz CT molecular complexity index is 872. The third kappa shape index (κ3) is 3.57. The molecule has 0 bridgehead atoms. The fourth-order valence-corrected chi connectivity index (χ4v) is 3.78. The Morgan fingerprint density at radius 1 is 1.28 bits per heavy atom. The van der Waals surface area contributed by atoms with Crippen LogP contribution in [0.25, 0.3) is 5.82 Å². The summed E-state index contributed by atoms with van der Waals surface area (Å²) in [5.41, 5.74) is 0.181. The molecule has 0 radical (unpaired) electrons. The van der Waals surface area contributed by atoms with Gasteiger partial charge in [0.25, 0.3) is 6.43 Å². The smallest absolute Gasteiger partial charge is 0.236 e. The maximum Gasteiger partial charge on any atom is 0.282 e. The molecule has 1 N–H and O–H groups in total. The lowest BCUT2D eigenvalue weighted by molar-refractivity contribution is 0.145. The Morgan fingerprint density at radius 3 is 2.44 bits per heavy atom. The molecule has 1 aliphatic carbocycles. The van der Waals surface area contributed by atoms with Gasteiger partial charge in [0.05, 0.1) is 5.69 Å². The van der Waals surface area contributed by atoms with E-state index in [1.165, 1.54) is 29.1 Å². The monoisotopic (exact) mass is 370 g/mol. The molecule has 9 heteroatoms. The normalized spacial score (nSPS) is 16.6. The number of sulfonamides is 1. The first kappa shape index (κ1) is 17.9. The fraction of sp³-hybridized carbons (Fsp3) is 0.500. The molecule has 0 spiro atoms. The van der Waals surface area contributed by atoms with Crippen molar-refractivity contribution in [2.75, 3.05) is 0 Å². The number of hydrogen-bond acceptors (Lipinski definition) is 4. The van der Waals surface area contributed by atoms with Crippen LogP contribution in [0.4, 0.5) is 8.78 Å². The quantitative estimate of drug-likeness (QED) is 0.848. The Morgan fingerprint density at radius 2 is 1.96 bits per heavy atom. The van der Waals surface area contributed by atoms with Crippen LogP contribution in [0.1, 0.15) is 51.4 Å². The van der Waals surface area contributed by atoms with Crippen LogP contribution in [0.3, 0.4) is 0 Å². The highest BCUT2D eigenvalue weighted by Gasteiger charge is 2.43. The molecule has 2 heterocycles. The minimum absolute atomic E-state index is 0.0189. The topological polar surface area (TPSA) is 76.9 Å². The number of nitrogens with zero attached hydrogens (tertiary/aromatic N) is 3. The van der Waals surface area contributed by atoms with Gasteiger partial charge in [-0.1, -0.05) is 6.92 Å². The van der Waals surface area contributed by atoms with Crippen LogP contribution in [0.15, 0.2) is 29.3 Å². The SMILES string of the molecule is CC(C)NS(=O)(=O)c1ccc(-n2nc(C(F)F)cc2C2(C)CC2)nc1. The summed E-state index contributed by atoms with van der Waals surface area (Å²) in [6, 6.07) is 4.04. The van der Waals surface area contributed by atoms with Crippen molar-refractivity contribution in [3.8, 4) is 5.82 Å². The molecule has 0 atom stereocenters. The maximum absolute atomic E-state index is 13.0. The van der Waals surface area contributed by atoms with E-state index in [4.69, 9.17) is 0 Å². The number of aromatic nitrogens is 3. The van der Waals surface area contributed by atoms with Gasteiger partial charge in [-0.3, -0.25) is 0 Å². The standard InChI is InChI=1S/C16H20F2N4O2S/c1-10(2)21-25(23,24)11-4-5-14(19-9-11)22-13(16(3)6-7-16)8-12(20-22)15(17)18/h4-5,8-10,15,21H,6-7H2,1-3H3. The van der Waals surface area contributed by atoms with E-state index in [-0.39, 0.29) is 22.0 Å². The fourth-order valence-electron chi connectivity index (χ4n) is 2.59. The van der Waals surface area contributed by atoms with E-state index in [2.05, 4.69) is 14.8 Å². The first-order valence-electron chi connectivity index (χ1n) is 8.00. The highest BCUT2D eigenvalue weighted by Crippen LogP contribution is 2.48. The molecule has 25 heavy (non-hydrogen) atoms. The average Bonchev–Trinajstić information content (AvgIpc) is 3.10. The lowest BCUT2D eigenvalue weighted by Crippen LogP contribution is -2.30. The number of rotatable bonds is 6. The highest BCUT2D eigenvalue weighted by atomic mass is 32.2. The van der Waals surface area contributed by atoms with E-state index >= 15 is 0 Å². The lowest BCUT2D eigenvalue weighted by Gasteiger charge is -2.13. The molecule has 136 valence electrons. The van der Waals surface area contributed by atoms with Crippen molar-refractivity contribution in [1.82, 2.24) is 19.5 Å². The van der Waals surface area contributed by atoms with Gasteiger partial charge in [0.2, 0.25) is 10.0 Å². The first-order chi connectivity index (χ1) is 11.6. The van der Waals surface area contributed by atoms with Gasteiger partial charge < -0.3 is 0 Å². The van der Waals surface area contributed by atoms with Crippen LogP contribution in [-0.2, 0) is 15.4 Å². The summed E-state index contributed by atoms with van der Waals surface area (Å²) in [7, 11) is -3.66. The number of alkyl halides is 2. The third-order valence-electron chi connectivity index (χ3n) is 4.21. The van der Waals surface area contributed by atoms with Crippen molar-refractivity contribution < 1.29 is 17.2 Å². The molecule has 0 saturated heterocycles. The number of nitrogens with one attached hydrogen (secondary N) is 1. The van der Waals surface area contributed by atoms with Gasteiger partial charge in [-0.05, 0) is 44.9 Å². The van der Waals surface area contributed by atoms with Crippen LogP contribution in [0.5, 0.6) is 0 Å². The second-order valence-electron chi connectivity index (χ2n) is 6.86. The van der Waals surface area contributed by atoms with Gasteiger partial charge in [0.1, 0.15) is 10.6 Å². The van der Waals surface area contributed by atoms with Gasteiger partial charge in [0.15, 0.2) is 5.82 Å². The predicted octanol–water partition coefficient (Wildman–Crippen LogP) is 2.94. The summed E-state index contributed by atoms with van der Waals surface area (Å²) >= 11 is 0. The Kier molecular flexibility index (Phi) is 4.40. The predicted molar refractivity (Wildman–Crippen MR) is 88.4 cm³/mol. The van der Waals surface area contributed by atoms with Gasteiger partial charge in [-0.2, -0.15) is 5.10 Å². The summed E-state index contributed by atoms with van der Waals surface area (Å²) in [4.78, 5) is 4.15. The van der Waals surface area contributed by atoms with E-state index in [1.54, 1.807) is 13.8 Å². The number of pyridine rings is 1. The van der Waals surface area contributed by atoms with E-state index in [1.807, 2.05) is 6.92 Å². The van der Waals surface area contributed by atoms with Gasteiger partial charge >= 0.3 is 0 Å². The van der Waals surface area contributed by atoms with E-state index in [0.717, 1.165) is 12.8 Å². The van der Waals surface area contributed by atoms with Crippen molar-refractivity contribution in [2.24, 2.45) is 0 Å². The molecule has 0 unspecified atom stereocenters. The minimum atomic E-state index is -3.66. The van der Waals surface area contributed by atoms with Crippen molar-refractivity contribution in [2.45, 2.75) is 56.4 Å². The second-order valence-corrected chi connectivity index (χ2v) is 8.57. The molecule has 3 rings (SSSR count). The van der Waals surface area contributed by atoms with Crippen LogP contribution in [0.2, 0.25) is 0 Å².